The normalized spacial score (nSPS) is 11.8. The number of anilines is 1. The lowest BCUT2D eigenvalue weighted by Crippen LogP contribution is -2.53. The molecule has 2 amide bonds. The Morgan fingerprint density at radius 2 is 1.53 bits per heavy atom. The van der Waals surface area contributed by atoms with Gasteiger partial charge in [-0.1, -0.05) is 96.9 Å². The van der Waals surface area contributed by atoms with Crippen LogP contribution in [-0.4, -0.2) is 51.4 Å². The number of sulfonamides is 1. The SMILES string of the molecule is CCCNC(=O)[C@@H](Cc1ccccc1)N(Cc1ccc(C)cc1)C(=O)CN(c1cc(Cl)ccc1OC)S(=O)(=O)c1ccccc1. The van der Waals surface area contributed by atoms with Crippen molar-refractivity contribution in [3.8, 4) is 5.75 Å². The van der Waals surface area contributed by atoms with Gasteiger partial charge in [0.15, 0.2) is 0 Å². The van der Waals surface area contributed by atoms with Gasteiger partial charge in [-0.15, -0.1) is 0 Å². The van der Waals surface area contributed by atoms with Crippen LogP contribution in [0.5, 0.6) is 5.75 Å². The molecular formula is C35H38ClN3O5S. The summed E-state index contributed by atoms with van der Waals surface area (Å²) in [4.78, 5) is 29.7. The highest BCUT2D eigenvalue weighted by molar-refractivity contribution is 7.92. The second-order valence-electron chi connectivity index (χ2n) is 10.6. The second kappa shape index (κ2) is 15.6. The van der Waals surface area contributed by atoms with E-state index in [0.717, 1.165) is 21.0 Å². The Bertz CT molecular complexity index is 1680. The van der Waals surface area contributed by atoms with Crippen molar-refractivity contribution in [2.24, 2.45) is 0 Å². The van der Waals surface area contributed by atoms with E-state index in [0.29, 0.717) is 13.0 Å². The van der Waals surface area contributed by atoms with E-state index in [1.54, 1.807) is 30.3 Å². The molecule has 0 aliphatic heterocycles. The molecule has 0 unspecified atom stereocenters. The Kier molecular flexibility index (Phi) is 11.6. The summed E-state index contributed by atoms with van der Waals surface area (Å²) in [6.07, 6.45) is 0.952. The first-order chi connectivity index (χ1) is 21.6. The van der Waals surface area contributed by atoms with Gasteiger partial charge in [0.05, 0.1) is 17.7 Å². The fourth-order valence-corrected chi connectivity index (χ4v) is 6.51. The fraction of sp³-hybridized carbons (Fsp3) is 0.257. The number of carbonyl (C=O) groups excluding carboxylic acids is 2. The van der Waals surface area contributed by atoms with Crippen LogP contribution in [-0.2, 0) is 32.6 Å². The number of nitrogens with zero attached hydrogens (tertiary/aromatic N) is 2. The smallest absolute Gasteiger partial charge is 0.264 e. The highest BCUT2D eigenvalue weighted by Gasteiger charge is 2.35. The van der Waals surface area contributed by atoms with Gasteiger partial charge in [0.2, 0.25) is 11.8 Å². The molecule has 1 atom stereocenters. The molecule has 8 nitrogen and oxygen atoms in total. The number of amides is 2. The molecule has 0 fully saturated rings. The first-order valence-electron chi connectivity index (χ1n) is 14.7. The van der Waals surface area contributed by atoms with Crippen LogP contribution >= 0.6 is 11.6 Å². The number of nitrogens with one attached hydrogen (secondary N) is 1. The number of hydrogen-bond donors (Lipinski definition) is 1. The number of rotatable bonds is 14. The molecule has 0 aliphatic rings. The van der Waals surface area contributed by atoms with Crippen LogP contribution in [0.25, 0.3) is 0 Å². The minimum Gasteiger partial charge on any atom is -0.495 e. The van der Waals surface area contributed by atoms with Gasteiger partial charge in [-0.3, -0.25) is 13.9 Å². The zero-order valence-electron chi connectivity index (χ0n) is 25.6. The molecule has 45 heavy (non-hydrogen) atoms. The fourth-order valence-electron chi connectivity index (χ4n) is 4.90. The summed E-state index contributed by atoms with van der Waals surface area (Å²) in [6.45, 7) is 3.83. The van der Waals surface area contributed by atoms with Crippen molar-refractivity contribution >= 4 is 39.1 Å². The molecule has 0 aromatic heterocycles. The molecule has 4 aromatic rings. The molecule has 0 radical (unpaired) electrons. The average molecular weight is 648 g/mol. The Morgan fingerprint density at radius 1 is 0.889 bits per heavy atom. The van der Waals surface area contributed by atoms with E-state index in [9.17, 15) is 18.0 Å². The van der Waals surface area contributed by atoms with Crippen LogP contribution in [0.15, 0.2) is 108 Å². The van der Waals surface area contributed by atoms with E-state index < -0.39 is 28.5 Å². The Hall–Kier alpha value is -4.34. The minimum absolute atomic E-state index is 0.00793. The van der Waals surface area contributed by atoms with Gasteiger partial charge >= 0.3 is 0 Å². The Balaban J connectivity index is 1.83. The van der Waals surface area contributed by atoms with Crippen LogP contribution in [0.2, 0.25) is 5.02 Å². The van der Waals surface area contributed by atoms with Crippen LogP contribution in [0.3, 0.4) is 0 Å². The molecule has 0 heterocycles. The van der Waals surface area contributed by atoms with E-state index in [1.165, 1.54) is 30.2 Å². The summed E-state index contributed by atoms with van der Waals surface area (Å²) < 4.78 is 34.9. The summed E-state index contributed by atoms with van der Waals surface area (Å²) in [5.41, 5.74) is 2.81. The molecule has 10 heteroatoms. The van der Waals surface area contributed by atoms with Crippen molar-refractivity contribution in [1.82, 2.24) is 10.2 Å². The van der Waals surface area contributed by atoms with E-state index in [1.807, 2.05) is 68.4 Å². The number of methoxy groups -OCH3 is 1. The number of benzene rings is 4. The predicted octanol–water partition coefficient (Wildman–Crippen LogP) is 6.02. The van der Waals surface area contributed by atoms with Crippen LogP contribution < -0.4 is 14.4 Å². The maximum absolute atomic E-state index is 14.5. The third kappa shape index (κ3) is 8.65. The highest BCUT2D eigenvalue weighted by Crippen LogP contribution is 2.35. The zero-order chi connectivity index (χ0) is 32.4. The molecule has 236 valence electrons. The average Bonchev–Trinajstić information content (AvgIpc) is 3.05. The van der Waals surface area contributed by atoms with Gasteiger partial charge in [0.25, 0.3) is 10.0 Å². The minimum atomic E-state index is -4.28. The van der Waals surface area contributed by atoms with Crippen molar-refractivity contribution in [2.45, 2.75) is 44.2 Å². The van der Waals surface area contributed by atoms with Gasteiger partial charge in [0, 0.05) is 24.5 Å². The molecule has 4 aromatic carbocycles. The molecule has 4 rings (SSSR count). The summed E-state index contributed by atoms with van der Waals surface area (Å²) in [6, 6.07) is 28.6. The van der Waals surface area contributed by atoms with Gasteiger partial charge in [-0.05, 0) is 54.8 Å². The Labute approximate surface area is 270 Å². The molecular weight excluding hydrogens is 610 g/mol. The summed E-state index contributed by atoms with van der Waals surface area (Å²) in [7, 11) is -2.87. The number of halogens is 1. The topological polar surface area (TPSA) is 96.0 Å². The number of hydrogen-bond acceptors (Lipinski definition) is 5. The van der Waals surface area contributed by atoms with Gasteiger partial charge in [0.1, 0.15) is 18.3 Å². The predicted molar refractivity (Wildman–Crippen MR) is 178 cm³/mol. The lowest BCUT2D eigenvalue weighted by Gasteiger charge is -2.34. The molecule has 0 saturated carbocycles. The number of carbonyl (C=O) groups is 2. The van der Waals surface area contributed by atoms with E-state index in [2.05, 4.69) is 5.32 Å². The van der Waals surface area contributed by atoms with Crippen LogP contribution in [0, 0.1) is 6.92 Å². The van der Waals surface area contributed by atoms with E-state index in [-0.39, 0.29) is 40.2 Å². The molecule has 0 saturated heterocycles. The number of aryl methyl sites for hydroxylation is 1. The third-order valence-corrected chi connectivity index (χ3v) is 9.32. The first kappa shape index (κ1) is 33.6. The van der Waals surface area contributed by atoms with Crippen molar-refractivity contribution in [1.29, 1.82) is 0 Å². The monoisotopic (exact) mass is 647 g/mol. The lowest BCUT2D eigenvalue weighted by atomic mass is 10.0. The van der Waals surface area contributed by atoms with Gasteiger partial charge in [-0.2, -0.15) is 0 Å². The first-order valence-corrected chi connectivity index (χ1v) is 16.5. The second-order valence-corrected chi connectivity index (χ2v) is 12.9. The van der Waals surface area contributed by atoms with Crippen molar-refractivity contribution < 1.29 is 22.7 Å². The van der Waals surface area contributed by atoms with Gasteiger partial charge in [-0.25, -0.2) is 8.42 Å². The van der Waals surface area contributed by atoms with Crippen molar-refractivity contribution in [3.05, 3.63) is 125 Å². The zero-order valence-corrected chi connectivity index (χ0v) is 27.2. The molecule has 0 aliphatic carbocycles. The summed E-state index contributed by atoms with van der Waals surface area (Å²) in [5, 5.41) is 3.22. The van der Waals surface area contributed by atoms with Gasteiger partial charge < -0.3 is 15.0 Å². The summed E-state index contributed by atoms with van der Waals surface area (Å²) in [5.74, 6) is -0.665. The van der Waals surface area contributed by atoms with E-state index in [4.69, 9.17) is 16.3 Å². The standard InChI is InChI=1S/C35H38ClN3O5S/c1-4-21-37-35(41)32(22-27-11-7-5-8-12-27)38(24-28-17-15-26(2)16-18-28)34(40)25-39(31-23-29(36)19-20-33(31)44-3)45(42,43)30-13-9-6-10-14-30/h5-20,23,32H,4,21-22,24-25H2,1-3H3,(H,37,41)/t32-/m1/s1. The maximum atomic E-state index is 14.5. The molecule has 0 bridgehead atoms. The lowest BCUT2D eigenvalue weighted by molar-refractivity contribution is -0.140. The number of ether oxygens (including phenoxy) is 1. The van der Waals surface area contributed by atoms with Crippen molar-refractivity contribution in [2.75, 3.05) is 24.5 Å². The third-order valence-electron chi connectivity index (χ3n) is 7.31. The molecule has 1 N–H and O–H groups in total. The summed E-state index contributed by atoms with van der Waals surface area (Å²) >= 11 is 6.34. The van der Waals surface area contributed by atoms with E-state index >= 15 is 0 Å². The molecule has 0 spiro atoms. The van der Waals surface area contributed by atoms with Crippen LogP contribution in [0.4, 0.5) is 5.69 Å². The largest absolute Gasteiger partial charge is 0.495 e. The van der Waals surface area contributed by atoms with Crippen molar-refractivity contribution in [3.63, 3.8) is 0 Å². The Morgan fingerprint density at radius 3 is 2.16 bits per heavy atom. The highest BCUT2D eigenvalue weighted by atomic mass is 35.5. The maximum Gasteiger partial charge on any atom is 0.264 e. The van der Waals surface area contributed by atoms with Crippen LogP contribution in [0.1, 0.15) is 30.0 Å². The quantitative estimate of drug-likeness (QED) is 0.181.